The van der Waals surface area contributed by atoms with Gasteiger partial charge in [-0.2, -0.15) is 0 Å². The van der Waals surface area contributed by atoms with Crippen LogP contribution in [0.1, 0.15) is 21.4 Å². The predicted octanol–water partition coefficient (Wildman–Crippen LogP) is 4.78. The van der Waals surface area contributed by atoms with E-state index in [2.05, 4.69) is 46.4 Å². The van der Waals surface area contributed by atoms with E-state index in [0.29, 0.717) is 0 Å². The summed E-state index contributed by atoms with van der Waals surface area (Å²) in [6.07, 6.45) is 0. The Morgan fingerprint density at radius 3 is 2.65 bits per heavy atom. The highest BCUT2D eigenvalue weighted by molar-refractivity contribution is 9.10. The molecule has 0 bridgehead atoms. The highest BCUT2D eigenvalue weighted by atomic mass is 79.9. The summed E-state index contributed by atoms with van der Waals surface area (Å²) in [4.78, 5) is 2.59. The van der Waals surface area contributed by atoms with Crippen LogP contribution in [0.2, 0.25) is 5.02 Å². The fraction of sp³-hybridized carbons (Fsp3) is 0.231. The maximum absolute atomic E-state index is 6.27. The molecule has 0 radical (unpaired) electrons. The van der Waals surface area contributed by atoms with Crippen molar-refractivity contribution in [3.63, 3.8) is 0 Å². The summed E-state index contributed by atoms with van der Waals surface area (Å²) in [6, 6.07) is 10.4. The summed E-state index contributed by atoms with van der Waals surface area (Å²) >= 11 is 11.6. The zero-order chi connectivity index (χ0) is 12.4. The number of hydrogen-bond donors (Lipinski definition) is 1. The fourth-order valence-corrected chi connectivity index (χ4v) is 3.41. The number of thiophene rings is 1. The second-order valence-electron chi connectivity index (χ2n) is 3.84. The van der Waals surface area contributed by atoms with Gasteiger partial charge in [0.05, 0.1) is 6.04 Å². The Hall–Kier alpha value is -0.350. The smallest absolute Gasteiger partial charge is 0.0683 e. The van der Waals surface area contributed by atoms with Crippen LogP contribution >= 0.6 is 38.9 Å². The van der Waals surface area contributed by atoms with Crippen molar-refractivity contribution in [2.75, 3.05) is 7.05 Å². The normalized spacial score (nSPS) is 12.7. The van der Waals surface area contributed by atoms with Crippen molar-refractivity contribution in [1.82, 2.24) is 5.32 Å². The summed E-state index contributed by atoms with van der Waals surface area (Å²) in [5.74, 6) is 0. The monoisotopic (exact) mass is 329 g/mol. The molecule has 90 valence electrons. The van der Waals surface area contributed by atoms with Crippen molar-refractivity contribution < 1.29 is 0 Å². The number of nitrogens with one attached hydrogen (secondary N) is 1. The van der Waals surface area contributed by atoms with Crippen LogP contribution in [0.5, 0.6) is 0 Å². The van der Waals surface area contributed by atoms with E-state index in [0.717, 1.165) is 15.1 Å². The van der Waals surface area contributed by atoms with Crippen LogP contribution in [0.15, 0.2) is 34.8 Å². The lowest BCUT2D eigenvalue weighted by Crippen LogP contribution is -2.16. The number of benzene rings is 1. The first-order valence-electron chi connectivity index (χ1n) is 5.30. The van der Waals surface area contributed by atoms with Crippen molar-refractivity contribution >= 4 is 38.9 Å². The van der Waals surface area contributed by atoms with E-state index in [9.17, 15) is 0 Å². The lowest BCUT2D eigenvalue weighted by atomic mass is 10.1. The van der Waals surface area contributed by atoms with Crippen molar-refractivity contribution in [3.8, 4) is 0 Å². The molecule has 2 rings (SSSR count). The van der Waals surface area contributed by atoms with Crippen LogP contribution in [0, 0.1) is 6.92 Å². The van der Waals surface area contributed by atoms with E-state index < -0.39 is 0 Å². The molecule has 1 heterocycles. The highest BCUT2D eigenvalue weighted by Crippen LogP contribution is 2.33. The molecule has 0 amide bonds. The van der Waals surface area contributed by atoms with E-state index in [1.165, 1.54) is 9.75 Å². The van der Waals surface area contributed by atoms with E-state index >= 15 is 0 Å². The van der Waals surface area contributed by atoms with Gasteiger partial charge in [-0.3, -0.25) is 0 Å². The summed E-state index contributed by atoms with van der Waals surface area (Å²) in [5.41, 5.74) is 1.10. The molecule has 1 nitrogen and oxygen atoms in total. The first-order valence-corrected chi connectivity index (χ1v) is 7.29. The molecule has 0 spiro atoms. The molecule has 0 fully saturated rings. The molecule has 4 heteroatoms. The summed E-state index contributed by atoms with van der Waals surface area (Å²) in [5, 5.41) is 4.11. The van der Waals surface area contributed by atoms with Crippen LogP contribution in [-0.4, -0.2) is 7.05 Å². The van der Waals surface area contributed by atoms with Crippen LogP contribution in [0.25, 0.3) is 0 Å². The van der Waals surface area contributed by atoms with E-state index in [1.54, 1.807) is 11.3 Å². The Bertz CT molecular complexity index is 524. The van der Waals surface area contributed by atoms with Crippen molar-refractivity contribution in [3.05, 3.63) is 55.1 Å². The van der Waals surface area contributed by atoms with Gasteiger partial charge in [-0.15, -0.1) is 11.3 Å². The van der Waals surface area contributed by atoms with E-state index in [4.69, 9.17) is 11.6 Å². The Kier molecular flexibility index (Phi) is 4.26. The van der Waals surface area contributed by atoms with Crippen molar-refractivity contribution in [1.29, 1.82) is 0 Å². The third-order valence-electron chi connectivity index (χ3n) is 2.60. The van der Waals surface area contributed by atoms with Gasteiger partial charge in [0.25, 0.3) is 0 Å². The Balaban J connectivity index is 2.45. The third kappa shape index (κ3) is 2.91. The molecule has 0 saturated heterocycles. The molecule has 0 saturated carbocycles. The van der Waals surface area contributed by atoms with E-state index in [1.807, 2.05) is 19.2 Å². The molecular weight excluding hydrogens is 318 g/mol. The van der Waals surface area contributed by atoms with Gasteiger partial charge < -0.3 is 5.32 Å². The number of halogens is 2. The zero-order valence-electron chi connectivity index (χ0n) is 9.63. The minimum absolute atomic E-state index is 0.152. The molecule has 1 unspecified atom stereocenters. The van der Waals surface area contributed by atoms with Crippen molar-refractivity contribution in [2.45, 2.75) is 13.0 Å². The molecular formula is C13H13BrClNS. The molecule has 17 heavy (non-hydrogen) atoms. The summed E-state index contributed by atoms with van der Waals surface area (Å²) in [6.45, 7) is 2.11. The highest BCUT2D eigenvalue weighted by Gasteiger charge is 2.16. The quantitative estimate of drug-likeness (QED) is 0.854. The van der Waals surface area contributed by atoms with Gasteiger partial charge >= 0.3 is 0 Å². The lowest BCUT2D eigenvalue weighted by molar-refractivity contribution is 0.704. The first kappa shape index (κ1) is 13.1. The largest absolute Gasteiger partial charge is 0.309 e. The van der Waals surface area contributed by atoms with Crippen molar-refractivity contribution in [2.24, 2.45) is 0 Å². The Morgan fingerprint density at radius 1 is 1.29 bits per heavy atom. The Labute approximate surface area is 119 Å². The van der Waals surface area contributed by atoms with Gasteiger partial charge in [-0.1, -0.05) is 27.5 Å². The summed E-state index contributed by atoms with van der Waals surface area (Å²) < 4.78 is 1.05. The van der Waals surface area contributed by atoms with Crippen LogP contribution < -0.4 is 5.32 Å². The lowest BCUT2D eigenvalue weighted by Gasteiger charge is -2.17. The molecule has 0 aliphatic rings. The SMILES string of the molecule is CNC(c1ccc(C)s1)c1cc(Br)ccc1Cl. The molecule has 1 aromatic carbocycles. The second kappa shape index (κ2) is 5.53. The maximum atomic E-state index is 6.27. The predicted molar refractivity (Wildman–Crippen MR) is 79.1 cm³/mol. The van der Waals surface area contributed by atoms with Gasteiger partial charge in [0, 0.05) is 19.2 Å². The number of rotatable bonds is 3. The minimum atomic E-state index is 0.152. The van der Waals surface area contributed by atoms with E-state index in [-0.39, 0.29) is 6.04 Å². The van der Waals surface area contributed by atoms with Gasteiger partial charge in [-0.05, 0) is 49.9 Å². The van der Waals surface area contributed by atoms with Gasteiger partial charge in [0.15, 0.2) is 0 Å². The van der Waals surface area contributed by atoms with Gasteiger partial charge in [-0.25, -0.2) is 0 Å². The minimum Gasteiger partial charge on any atom is -0.309 e. The molecule has 0 aliphatic heterocycles. The van der Waals surface area contributed by atoms with Gasteiger partial charge in [0.2, 0.25) is 0 Å². The third-order valence-corrected chi connectivity index (χ3v) is 4.51. The molecule has 1 atom stereocenters. The van der Waals surface area contributed by atoms with Crippen LogP contribution in [0.3, 0.4) is 0 Å². The molecule has 0 aliphatic carbocycles. The average molecular weight is 331 g/mol. The fourth-order valence-electron chi connectivity index (χ4n) is 1.80. The topological polar surface area (TPSA) is 12.0 Å². The summed E-state index contributed by atoms with van der Waals surface area (Å²) in [7, 11) is 1.96. The van der Waals surface area contributed by atoms with Crippen LogP contribution in [-0.2, 0) is 0 Å². The standard InChI is InChI=1S/C13H13BrClNS/c1-8-3-6-12(17-8)13(16-2)10-7-9(14)4-5-11(10)15/h3-7,13,16H,1-2H3. The zero-order valence-corrected chi connectivity index (χ0v) is 12.8. The molecule has 1 N–H and O–H groups in total. The van der Waals surface area contributed by atoms with Gasteiger partial charge in [0.1, 0.15) is 0 Å². The first-order chi connectivity index (χ1) is 8.11. The molecule has 1 aromatic heterocycles. The average Bonchev–Trinajstić information content (AvgIpc) is 2.71. The van der Waals surface area contributed by atoms with Crippen LogP contribution in [0.4, 0.5) is 0 Å². The number of aryl methyl sites for hydroxylation is 1. The second-order valence-corrected chi connectivity index (χ2v) is 6.48. The Morgan fingerprint density at radius 2 is 2.06 bits per heavy atom. The molecule has 2 aromatic rings. The maximum Gasteiger partial charge on any atom is 0.0683 e. The number of hydrogen-bond acceptors (Lipinski definition) is 2.